The minimum absolute atomic E-state index is 0.0623. The molecule has 0 aromatic heterocycles. The Labute approximate surface area is 103 Å². The Balaban J connectivity index is 3.43. The molecule has 0 saturated carbocycles. The van der Waals surface area contributed by atoms with E-state index >= 15 is 0 Å². The standard InChI is InChI=1S/C13H22O4/c1-3-4-5-6-7-8-11-17-13(15)10-9-12(14)16-2/h8,11H,3-7,9-10H2,1-2H3. The summed E-state index contributed by atoms with van der Waals surface area (Å²) in [6.07, 6.45) is 9.08. The number of esters is 2. The Morgan fingerprint density at radius 3 is 2.41 bits per heavy atom. The van der Waals surface area contributed by atoms with Crippen molar-refractivity contribution in [2.24, 2.45) is 0 Å². The Morgan fingerprint density at radius 2 is 1.76 bits per heavy atom. The van der Waals surface area contributed by atoms with E-state index < -0.39 is 11.9 Å². The molecule has 0 bridgehead atoms. The van der Waals surface area contributed by atoms with E-state index in [1.165, 1.54) is 32.6 Å². The van der Waals surface area contributed by atoms with Gasteiger partial charge in [0.05, 0.1) is 26.2 Å². The zero-order valence-electron chi connectivity index (χ0n) is 10.7. The predicted octanol–water partition coefficient (Wildman–Crippen LogP) is 2.97. The zero-order chi connectivity index (χ0) is 12.9. The molecule has 0 aliphatic rings. The molecule has 0 aliphatic carbocycles. The summed E-state index contributed by atoms with van der Waals surface area (Å²) >= 11 is 0. The molecule has 0 spiro atoms. The van der Waals surface area contributed by atoms with E-state index in [1.54, 1.807) is 0 Å². The van der Waals surface area contributed by atoms with Gasteiger partial charge in [0, 0.05) is 0 Å². The summed E-state index contributed by atoms with van der Waals surface area (Å²) in [5.41, 5.74) is 0. The van der Waals surface area contributed by atoms with E-state index in [-0.39, 0.29) is 12.8 Å². The van der Waals surface area contributed by atoms with Crippen molar-refractivity contribution >= 4 is 11.9 Å². The first-order valence-corrected chi connectivity index (χ1v) is 6.12. The highest BCUT2D eigenvalue weighted by Crippen LogP contribution is 2.03. The molecular weight excluding hydrogens is 220 g/mol. The van der Waals surface area contributed by atoms with E-state index in [9.17, 15) is 9.59 Å². The molecule has 98 valence electrons. The minimum atomic E-state index is -0.403. The molecule has 0 aromatic rings. The Bertz CT molecular complexity index is 246. The van der Waals surface area contributed by atoms with Gasteiger partial charge in [-0.15, -0.1) is 0 Å². The van der Waals surface area contributed by atoms with Crippen LogP contribution in [0.25, 0.3) is 0 Å². The Hall–Kier alpha value is -1.32. The number of carbonyl (C=O) groups excluding carboxylic acids is 2. The van der Waals surface area contributed by atoms with Crippen LogP contribution >= 0.6 is 0 Å². The summed E-state index contributed by atoms with van der Waals surface area (Å²) in [6, 6.07) is 0. The summed E-state index contributed by atoms with van der Waals surface area (Å²) in [4.78, 5) is 21.9. The number of hydrogen-bond donors (Lipinski definition) is 0. The van der Waals surface area contributed by atoms with Crippen molar-refractivity contribution in [2.75, 3.05) is 7.11 Å². The number of methoxy groups -OCH3 is 1. The van der Waals surface area contributed by atoms with E-state index in [0.717, 1.165) is 12.8 Å². The van der Waals surface area contributed by atoms with Crippen molar-refractivity contribution in [3.05, 3.63) is 12.3 Å². The largest absolute Gasteiger partial charge is 0.469 e. The first-order chi connectivity index (χ1) is 8.20. The van der Waals surface area contributed by atoms with Crippen LogP contribution in [0.3, 0.4) is 0 Å². The maximum atomic E-state index is 11.1. The average Bonchev–Trinajstić information content (AvgIpc) is 2.34. The first-order valence-electron chi connectivity index (χ1n) is 6.12. The number of rotatable bonds is 9. The van der Waals surface area contributed by atoms with Crippen molar-refractivity contribution in [1.29, 1.82) is 0 Å². The molecule has 0 unspecified atom stereocenters. The normalized spacial score (nSPS) is 10.5. The van der Waals surface area contributed by atoms with Gasteiger partial charge in [0.15, 0.2) is 0 Å². The van der Waals surface area contributed by atoms with E-state index in [1.807, 2.05) is 6.08 Å². The molecule has 0 aromatic carbocycles. The SMILES string of the molecule is CCCCCCC=COC(=O)CCC(=O)OC. The lowest BCUT2D eigenvalue weighted by Crippen LogP contribution is -2.06. The number of allylic oxidation sites excluding steroid dienone is 1. The third kappa shape index (κ3) is 11.0. The molecule has 0 fully saturated rings. The zero-order valence-corrected chi connectivity index (χ0v) is 10.7. The fourth-order valence-corrected chi connectivity index (χ4v) is 1.25. The molecular formula is C13H22O4. The van der Waals surface area contributed by atoms with Crippen molar-refractivity contribution < 1.29 is 19.1 Å². The van der Waals surface area contributed by atoms with Gasteiger partial charge < -0.3 is 9.47 Å². The van der Waals surface area contributed by atoms with Gasteiger partial charge in [-0.25, -0.2) is 0 Å². The minimum Gasteiger partial charge on any atom is -0.469 e. The lowest BCUT2D eigenvalue weighted by molar-refractivity contribution is -0.145. The maximum absolute atomic E-state index is 11.1. The van der Waals surface area contributed by atoms with Crippen LogP contribution in [0, 0.1) is 0 Å². The van der Waals surface area contributed by atoms with E-state index in [0.29, 0.717) is 0 Å². The second-order valence-corrected chi connectivity index (χ2v) is 3.79. The third-order valence-electron chi connectivity index (χ3n) is 2.28. The van der Waals surface area contributed by atoms with Crippen molar-refractivity contribution in [2.45, 2.75) is 51.9 Å². The molecule has 0 rings (SSSR count). The number of hydrogen-bond acceptors (Lipinski definition) is 4. The second kappa shape index (κ2) is 11.2. The second-order valence-electron chi connectivity index (χ2n) is 3.79. The fourth-order valence-electron chi connectivity index (χ4n) is 1.25. The summed E-state index contributed by atoms with van der Waals surface area (Å²) in [5, 5.41) is 0. The summed E-state index contributed by atoms with van der Waals surface area (Å²) in [5.74, 6) is -0.800. The number of ether oxygens (including phenoxy) is 2. The highest BCUT2D eigenvalue weighted by atomic mass is 16.5. The first kappa shape index (κ1) is 15.7. The molecule has 17 heavy (non-hydrogen) atoms. The fraction of sp³-hybridized carbons (Fsp3) is 0.692. The van der Waals surface area contributed by atoms with E-state index in [2.05, 4.69) is 11.7 Å². The van der Waals surface area contributed by atoms with Gasteiger partial charge in [-0.05, 0) is 18.9 Å². The van der Waals surface area contributed by atoms with Crippen molar-refractivity contribution in [3.63, 3.8) is 0 Å². The van der Waals surface area contributed by atoms with Gasteiger partial charge in [0.25, 0.3) is 0 Å². The van der Waals surface area contributed by atoms with Gasteiger partial charge in [0.1, 0.15) is 0 Å². The molecule has 0 aliphatic heterocycles. The highest BCUT2D eigenvalue weighted by Gasteiger charge is 2.06. The maximum Gasteiger partial charge on any atom is 0.311 e. The molecule has 0 saturated heterocycles. The van der Waals surface area contributed by atoms with E-state index in [4.69, 9.17) is 4.74 Å². The van der Waals surface area contributed by atoms with Crippen LogP contribution in [0.1, 0.15) is 51.9 Å². The van der Waals surface area contributed by atoms with Crippen LogP contribution in [0.5, 0.6) is 0 Å². The monoisotopic (exact) mass is 242 g/mol. The molecule has 0 N–H and O–H groups in total. The molecule has 0 amide bonds. The van der Waals surface area contributed by atoms with Gasteiger partial charge in [-0.2, -0.15) is 0 Å². The highest BCUT2D eigenvalue weighted by molar-refractivity contribution is 5.77. The summed E-state index contributed by atoms with van der Waals surface area (Å²) in [7, 11) is 1.30. The molecule has 0 heterocycles. The lowest BCUT2D eigenvalue weighted by atomic mass is 10.1. The van der Waals surface area contributed by atoms with Crippen LogP contribution in [0.15, 0.2) is 12.3 Å². The van der Waals surface area contributed by atoms with Crippen LogP contribution in [0.4, 0.5) is 0 Å². The molecule has 0 radical (unpaired) electrons. The number of carbonyl (C=O) groups is 2. The van der Waals surface area contributed by atoms with Gasteiger partial charge in [-0.3, -0.25) is 9.59 Å². The van der Waals surface area contributed by atoms with Crippen LogP contribution in [0.2, 0.25) is 0 Å². The Morgan fingerprint density at radius 1 is 1.06 bits per heavy atom. The molecule has 4 nitrogen and oxygen atoms in total. The summed E-state index contributed by atoms with van der Waals surface area (Å²) in [6.45, 7) is 2.17. The van der Waals surface area contributed by atoms with Gasteiger partial charge in [0.2, 0.25) is 0 Å². The summed E-state index contributed by atoms with van der Waals surface area (Å²) < 4.78 is 9.23. The van der Waals surface area contributed by atoms with Crippen molar-refractivity contribution in [3.8, 4) is 0 Å². The smallest absolute Gasteiger partial charge is 0.311 e. The lowest BCUT2D eigenvalue weighted by Gasteiger charge is -1.98. The van der Waals surface area contributed by atoms with Gasteiger partial charge in [-0.1, -0.05) is 26.2 Å². The van der Waals surface area contributed by atoms with Crippen LogP contribution in [-0.4, -0.2) is 19.0 Å². The predicted molar refractivity (Wildman–Crippen MR) is 65.2 cm³/mol. The topological polar surface area (TPSA) is 52.6 Å². The third-order valence-corrected chi connectivity index (χ3v) is 2.28. The Kier molecular flexibility index (Phi) is 10.3. The van der Waals surface area contributed by atoms with Crippen LogP contribution in [-0.2, 0) is 19.1 Å². The van der Waals surface area contributed by atoms with Gasteiger partial charge >= 0.3 is 11.9 Å². The molecule has 0 atom stereocenters. The number of unbranched alkanes of at least 4 members (excludes halogenated alkanes) is 4. The average molecular weight is 242 g/mol. The van der Waals surface area contributed by atoms with Crippen molar-refractivity contribution in [1.82, 2.24) is 0 Å². The quantitative estimate of drug-likeness (QED) is 0.354. The molecule has 4 heteroatoms. The van der Waals surface area contributed by atoms with Crippen LogP contribution < -0.4 is 0 Å².